The molecule has 1 aromatic heterocycles. The number of halogens is 1. The van der Waals surface area contributed by atoms with Crippen molar-refractivity contribution < 1.29 is 9.90 Å². The summed E-state index contributed by atoms with van der Waals surface area (Å²) in [6, 6.07) is 5.46. The molecule has 0 bridgehead atoms. The van der Waals surface area contributed by atoms with E-state index in [1.165, 1.54) is 6.33 Å². The second kappa shape index (κ2) is 5.01. The zero-order valence-corrected chi connectivity index (χ0v) is 11.4. The lowest BCUT2D eigenvalue weighted by Gasteiger charge is -2.23. The second-order valence-electron chi connectivity index (χ2n) is 4.96. The van der Waals surface area contributed by atoms with Crippen LogP contribution in [0.2, 0.25) is 5.02 Å². The topological polar surface area (TPSA) is 68.0 Å². The van der Waals surface area contributed by atoms with E-state index in [0.29, 0.717) is 10.7 Å². The minimum absolute atomic E-state index is 0.0476. The molecule has 2 rings (SSSR count). The van der Waals surface area contributed by atoms with Gasteiger partial charge in [-0.1, -0.05) is 31.5 Å². The van der Waals surface area contributed by atoms with Gasteiger partial charge in [-0.25, -0.2) is 9.67 Å². The van der Waals surface area contributed by atoms with Crippen LogP contribution in [-0.2, 0) is 10.2 Å². The fraction of sp³-hybridized carbons (Fsp3) is 0.308. The Hall–Kier alpha value is -1.88. The van der Waals surface area contributed by atoms with Gasteiger partial charge in [0.2, 0.25) is 0 Å². The van der Waals surface area contributed by atoms with E-state index in [2.05, 4.69) is 10.1 Å². The van der Waals surface area contributed by atoms with Crippen LogP contribution in [0.3, 0.4) is 0 Å². The van der Waals surface area contributed by atoms with Crippen molar-refractivity contribution in [3.8, 4) is 5.69 Å². The first-order valence-electron chi connectivity index (χ1n) is 5.77. The molecule has 0 aliphatic rings. The Morgan fingerprint density at radius 1 is 1.47 bits per heavy atom. The third-order valence-corrected chi connectivity index (χ3v) is 3.29. The molecular formula is C13H14ClN3O2. The highest BCUT2D eigenvalue weighted by atomic mass is 35.5. The van der Waals surface area contributed by atoms with Gasteiger partial charge >= 0.3 is 5.97 Å². The molecular weight excluding hydrogens is 266 g/mol. The van der Waals surface area contributed by atoms with E-state index in [1.807, 2.05) is 26.0 Å². The van der Waals surface area contributed by atoms with Crippen molar-refractivity contribution in [1.82, 2.24) is 14.8 Å². The van der Waals surface area contributed by atoms with Crippen molar-refractivity contribution in [3.05, 3.63) is 41.4 Å². The number of aliphatic carboxylic acids is 1. The van der Waals surface area contributed by atoms with E-state index in [0.717, 1.165) is 5.56 Å². The molecule has 0 saturated carbocycles. The first-order chi connectivity index (χ1) is 8.90. The maximum absolute atomic E-state index is 10.9. The molecule has 100 valence electrons. The Morgan fingerprint density at radius 2 is 2.21 bits per heavy atom. The molecule has 19 heavy (non-hydrogen) atoms. The number of carboxylic acid groups (broad SMARTS) is 1. The monoisotopic (exact) mass is 279 g/mol. The molecule has 6 heteroatoms. The second-order valence-corrected chi connectivity index (χ2v) is 5.37. The van der Waals surface area contributed by atoms with Crippen molar-refractivity contribution >= 4 is 17.6 Å². The zero-order chi connectivity index (χ0) is 14.0. The Bertz CT molecular complexity index is 594. The van der Waals surface area contributed by atoms with Gasteiger partial charge in [-0.3, -0.25) is 4.79 Å². The molecule has 2 aromatic rings. The van der Waals surface area contributed by atoms with Crippen molar-refractivity contribution in [3.63, 3.8) is 0 Å². The van der Waals surface area contributed by atoms with Crippen LogP contribution in [0.25, 0.3) is 5.69 Å². The van der Waals surface area contributed by atoms with Gasteiger partial charge in [-0.05, 0) is 17.7 Å². The Balaban J connectivity index is 2.36. The number of carbonyl (C=O) groups is 1. The summed E-state index contributed by atoms with van der Waals surface area (Å²) in [7, 11) is 0. The molecule has 1 aromatic carbocycles. The minimum atomic E-state index is -0.832. The summed E-state index contributed by atoms with van der Waals surface area (Å²) in [5, 5.41) is 13.5. The van der Waals surface area contributed by atoms with Gasteiger partial charge in [0.25, 0.3) is 0 Å². The minimum Gasteiger partial charge on any atom is -0.481 e. The Morgan fingerprint density at radius 3 is 2.74 bits per heavy atom. The normalized spacial score (nSPS) is 11.5. The molecule has 0 radical (unpaired) electrons. The maximum atomic E-state index is 10.9. The summed E-state index contributed by atoms with van der Waals surface area (Å²) >= 11 is 6.23. The van der Waals surface area contributed by atoms with Crippen LogP contribution in [0.4, 0.5) is 0 Å². The van der Waals surface area contributed by atoms with Gasteiger partial charge in [0.1, 0.15) is 12.7 Å². The lowest BCUT2D eigenvalue weighted by molar-refractivity contribution is -0.138. The van der Waals surface area contributed by atoms with E-state index >= 15 is 0 Å². The van der Waals surface area contributed by atoms with Crippen LogP contribution < -0.4 is 0 Å². The number of aromatic nitrogens is 3. The quantitative estimate of drug-likeness (QED) is 0.934. The molecule has 1 heterocycles. The Labute approximate surface area is 115 Å². The third kappa shape index (κ3) is 2.93. The van der Waals surface area contributed by atoms with Gasteiger partial charge < -0.3 is 5.11 Å². The third-order valence-electron chi connectivity index (χ3n) is 2.99. The van der Waals surface area contributed by atoms with Crippen LogP contribution >= 0.6 is 11.6 Å². The van der Waals surface area contributed by atoms with E-state index in [1.54, 1.807) is 17.1 Å². The smallest absolute Gasteiger partial charge is 0.304 e. The average Bonchev–Trinajstić information content (AvgIpc) is 2.80. The number of carboxylic acids is 1. The fourth-order valence-corrected chi connectivity index (χ4v) is 2.19. The molecule has 0 aliphatic carbocycles. The van der Waals surface area contributed by atoms with Crippen LogP contribution in [0, 0.1) is 0 Å². The fourth-order valence-electron chi connectivity index (χ4n) is 1.93. The lowest BCUT2D eigenvalue weighted by atomic mass is 9.81. The molecule has 0 atom stereocenters. The predicted octanol–water partition coefficient (Wildman–Crippen LogP) is 2.67. The predicted molar refractivity (Wildman–Crippen MR) is 71.6 cm³/mol. The molecule has 0 unspecified atom stereocenters. The standard InChI is InChI=1S/C13H14ClN3O2/c1-13(2,6-12(18)19)9-3-4-11(10(14)5-9)17-8-15-7-16-17/h3-5,7-8H,6H2,1-2H3,(H,18,19). The molecule has 0 amide bonds. The van der Waals surface area contributed by atoms with E-state index in [4.69, 9.17) is 16.7 Å². The van der Waals surface area contributed by atoms with Crippen molar-refractivity contribution in [2.75, 3.05) is 0 Å². The number of benzene rings is 1. The SMILES string of the molecule is CC(C)(CC(=O)O)c1ccc(-n2cncn2)c(Cl)c1. The highest BCUT2D eigenvalue weighted by molar-refractivity contribution is 6.32. The first-order valence-corrected chi connectivity index (χ1v) is 6.15. The summed E-state index contributed by atoms with van der Waals surface area (Å²) in [4.78, 5) is 14.7. The van der Waals surface area contributed by atoms with E-state index in [-0.39, 0.29) is 6.42 Å². The molecule has 1 N–H and O–H groups in total. The molecule has 0 saturated heterocycles. The summed E-state index contributed by atoms with van der Waals surface area (Å²) in [5.74, 6) is -0.832. The Kier molecular flexibility index (Phi) is 3.57. The average molecular weight is 280 g/mol. The largest absolute Gasteiger partial charge is 0.481 e. The lowest BCUT2D eigenvalue weighted by Crippen LogP contribution is -2.21. The molecule has 0 aliphatic heterocycles. The summed E-state index contributed by atoms with van der Waals surface area (Å²) in [6.45, 7) is 3.75. The van der Waals surface area contributed by atoms with Crippen LogP contribution in [0.1, 0.15) is 25.8 Å². The maximum Gasteiger partial charge on any atom is 0.304 e. The van der Waals surface area contributed by atoms with Gasteiger partial charge in [0, 0.05) is 5.41 Å². The molecule has 0 fully saturated rings. The highest BCUT2D eigenvalue weighted by Gasteiger charge is 2.24. The van der Waals surface area contributed by atoms with Crippen molar-refractivity contribution in [2.24, 2.45) is 0 Å². The number of rotatable bonds is 4. The number of hydrogen-bond acceptors (Lipinski definition) is 3. The van der Waals surface area contributed by atoms with Gasteiger partial charge in [-0.15, -0.1) is 0 Å². The van der Waals surface area contributed by atoms with Crippen LogP contribution in [0.15, 0.2) is 30.9 Å². The van der Waals surface area contributed by atoms with Crippen LogP contribution in [0.5, 0.6) is 0 Å². The zero-order valence-electron chi connectivity index (χ0n) is 10.7. The van der Waals surface area contributed by atoms with Crippen molar-refractivity contribution in [2.45, 2.75) is 25.7 Å². The number of nitrogens with zero attached hydrogens (tertiary/aromatic N) is 3. The van der Waals surface area contributed by atoms with Gasteiger partial charge in [-0.2, -0.15) is 5.10 Å². The van der Waals surface area contributed by atoms with Gasteiger partial charge in [0.15, 0.2) is 0 Å². The molecule has 0 spiro atoms. The summed E-state index contributed by atoms with van der Waals surface area (Å²) in [5.41, 5.74) is 1.12. The highest BCUT2D eigenvalue weighted by Crippen LogP contribution is 2.31. The van der Waals surface area contributed by atoms with Crippen LogP contribution in [-0.4, -0.2) is 25.8 Å². The van der Waals surface area contributed by atoms with E-state index in [9.17, 15) is 4.79 Å². The summed E-state index contributed by atoms with van der Waals surface area (Å²) < 4.78 is 1.57. The van der Waals surface area contributed by atoms with Crippen molar-refractivity contribution in [1.29, 1.82) is 0 Å². The first kappa shape index (κ1) is 13.5. The number of hydrogen-bond donors (Lipinski definition) is 1. The van der Waals surface area contributed by atoms with Gasteiger partial charge in [0.05, 0.1) is 17.1 Å². The van der Waals surface area contributed by atoms with E-state index < -0.39 is 11.4 Å². The summed E-state index contributed by atoms with van der Waals surface area (Å²) in [6.07, 6.45) is 3.04. The molecule has 5 nitrogen and oxygen atoms in total.